The predicted octanol–water partition coefficient (Wildman–Crippen LogP) is 0.234. The second-order valence-electron chi connectivity index (χ2n) is 4.51. The molecule has 5 nitrogen and oxygen atoms in total. The van der Waals surface area contributed by atoms with Crippen LogP contribution in [-0.2, 0) is 14.3 Å². The van der Waals surface area contributed by atoms with Crippen LogP contribution in [0.5, 0.6) is 0 Å². The monoisotopic (exact) mass is 244 g/mol. The summed E-state index contributed by atoms with van der Waals surface area (Å²) < 4.78 is 10.6. The molecule has 0 aromatic rings. The van der Waals surface area contributed by atoms with Crippen LogP contribution in [0, 0.1) is 5.92 Å². The average Bonchev–Trinajstić information content (AvgIpc) is 2.78. The van der Waals surface area contributed by atoms with E-state index in [1.165, 1.54) is 0 Å². The van der Waals surface area contributed by atoms with Gasteiger partial charge in [-0.3, -0.25) is 4.79 Å². The summed E-state index contributed by atoms with van der Waals surface area (Å²) >= 11 is 0. The summed E-state index contributed by atoms with van der Waals surface area (Å²) in [4.78, 5) is 14.0. The number of carbonyl (C=O) groups is 1. The van der Waals surface area contributed by atoms with Crippen molar-refractivity contribution < 1.29 is 14.3 Å². The molecule has 0 aliphatic carbocycles. The van der Waals surface area contributed by atoms with E-state index in [0.717, 1.165) is 12.8 Å². The lowest BCUT2D eigenvalue weighted by Gasteiger charge is -2.21. The van der Waals surface area contributed by atoms with Gasteiger partial charge in [0.25, 0.3) is 0 Å². The Bertz CT molecular complexity index is 236. The smallest absolute Gasteiger partial charge is 0.227 e. The van der Waals surface area contributed by atoms with Crippen LogP contribution in [-0.4, -0.2) is 56.9 Å². The molecule has 1 amide bonds. The summed E-state index contributed by atoms with van der Waals surface area (Å²) in [6.45, 7) is 3.69. The minimum Gasteiger partial charge on any atom is -0.377 e. The Morgan fingerprint density at radius 1 is 1.35 bits per heavy atom. The quantitative estimate of drug-likeness (QED) is 0.726. The van der Waals surface area contributed by atoms with Gasteiger partial charge < -0.3 is 20.1 Å². The van der Waals surface area contributed by atoms with Crippen molar-refractivity contribution in [3.63, 3.8) is 0 Å². The van der Waals surface area contributed by atoms with Crippen LogP contribution in [0.15, 0.2) is 0 Å². The number of ether oxygens (including phenoxy) is 2. The number of nitrogens with two attached hydrogens (primary N) is 1. The van der Waals surface area contributed by atoms with E-state index >= 15 is 0 Å². The molecule has 1 aliphatic rings. The second kappa shape index (κ2) is 6.93. The van der Waals surface area contributed by atoms with E-state index in [0.29, 0.717) is 19.6 Å². The van der Waals surface area contributed by atoms with Crippen molar-refractivity contribution in [2.24, 2.45) is 11.7 Å². The lowest BCUT2D eigenvalue weighted by molar-refractivity contribution is -0.135. The van der Waals surface area contributed by atoms with Crippen molar-refractivity contribution in [2.75, 3.05) is 33.9 Å². The highest BCUT2D eigenvalue weighted by atomic mass is 16.5. The van der Waals surface area contributed by atoms with Gasteiger partial charge in [-0.2, -0.15) is 0 Å². The largest absolute Gasteiger partial charge is 0.377 e. The molecule has 0 aromatic heterocycles. The average molecular weight is 244 g/mol. The summed E-state index contributed by atoms with van der Waals surface area (Å²) in [5.41, 5.74) is 5.65. The highest BCUT2D eigenvalue weighted by molar-refractivity contribution is 5.79. The molecule has 1 heterocycles. The lowest BCUT2D eigenvalue weighted by atomic mass is 10.0. The van der Waals surface area contributed by atoms with E-state index in [-0.39, 0.29) is 24.0 Å². The van der Waals surface area contributed by atoms with E-state index in [1.807, 2.05) is 4.90 Å². The predicted molar refractivity (Wildman–Crippen MR) is 65.6 cm³/mol. The molecule has 17 heavy (non-hydrogen) atoms. The molecule has 3 unspecified atom stereocenters. The van der Waals surface area contributed by atoms with Gasteiger partial charge in [0.1, 0.15) is 12.2 Å². The molecule has 3 atom stereocenters. The van der Waals surface area contributed by atoms with Gasteiger partial charge in [0.15, 0.2) is 0 Å². The molecule has 1 saturated heterocycles. The van der Waals surface area contributed by atoms with Gasteiger partial charge in [-0.05, 0) is 6.42 Å². The Morgan fingerprint density at radius 2 is 1.88 bits per heavy atom. The van der Waals surface area contributed by atoms with Crippen molar-refractivity contribution in [1.29, 1.82) is 0 Å². The third-order valence-electron chi connectivity index (χ3n) is 3.40. The zero-order valence-corrected chi connectivity index (χ0v) is 11.0. The van der Waals surface area contributed by atoms with Gasteiger partial charge in [0.05, 0.1) is 5.92 Å². The number of rotatable bonds is 6. The summed E-state index contributed by atoms with van der Waals surface area (Å²) in [6.07, 6.45) is 1.78. The van der Waals surface area contributed by atoms with E-state index in [2.05, 4.69) is 6.92 Å². The van der Waals surface area contributed by atoms with Gasteiger partial charge in [0.2, 0.25) is 5.91 Å². The van der Waals surface area contributed by atoms with Crippen molar-refractivity contribution >= 4 is 5.91 Å². The molecule has 0 spiro atoms. The van der Waals surface area contributed by atoms with Crippen LogP contribution < -0.4 is 5.73 Å². The normalized spacial score (nSPS) is 26.2. The van der Waals surface area contributed by atoms with Crippen LogP contribution >= 0.6 is 0 Å². The number of methoxy groups -OCH3 is 2. The highest BCUT2D eigenvalue weighted by Gasteiger charge is 2.37. The third-order valence-corrected chi connectivity index (χ3v) is 3.40. The van der Waals surface area contributed by atoms with Gasteiger partial charge >= 0.3 is 0 Å². The minimum absolute atomic E-state index is 0.0241. The first-order chi connectivity index (χ1) is 8.17. The number of hydrogen-bond donors (Lipinski definition) is 1. The zero-order valence-electron chi connectivity index (χ0n) is 11.0. The summed E-state index contributed by atoms with van der Waals surface area (Å²) in [6, 6.07) is 0. The first-order valence-corrected chi connectivity index (χ1v) is 6.22. The molecule has 100 valence electrons. The Kier molecular flexibility index (Phi) is 5.88. The molecule has 0 saturated carbocycles. The molecule has 0 aromatic carbocycles. The van der Waals surface area contributed by atoms with Crippen molar-refractivity contribution in [3.8, 4) is 0 Å². The van der Waals surface area contributed by atoms with E-state index in [9.17, 15) is 4.79 Å². The topological polar surface area (TPSA) is 64.8 Å². The van der Waals surface area contributed by atoms with Crippen molar-refractivity contribution in [1.82, 2.24) is 4.90 Å². The Balaban J connectivity index is 2.59. The molecule has 0 bridgehead atoms. The zero-order chi connectivity index (χ0) is 12.8. The van der Waals surface area contributed by atoms with E-state index in [4.69, 9.17) is 15.2 Å². The van der Waals surface area contributed by atoms with Gasteiger partial charge in [-0.15, -0.1) is 0 Å². The number of amides is 1. The third kappa shape index (κ3) is 3.40. The van der Waals surface area contributed by atoms with Crippen LogP contribution in [0.3, 0.4) is 0 Å². The summed E-state index contributed by atoms with van der Waals surface area (Å²) in [5, 5.41) is 0. The van der Waals surface area contributed by atoms with Crippen LogP contribution in [0.4, 0.5) is 0 Å². The minimum atomic E-state index is -0.0619. The maximum Gasteiger partial charge on any atom is 0.227 e. The summed E-state index contributed by atoms with van der Waals surface area (Å²) in [7, 11) is 3.30. The highest BCUT2D eigenvalue weighted by Crippen LogP contribution is 2.19. The van der Waals surface area contributed by atoms with E-state index < -0.39 is 0 Å². The lowest BCUT2D eigenvalue weighted by Crippen LogP contribution is -2.38. The Morgan fingerprint density at radius 3 is 2.24 bits per heavy atom. The van der Waals surface area contributed by atoms with Crippen LogP contribution in [0.25, 0.3) is 0 Å². The maximum atomic E-state index is 12.2. The number of nitrogens with zero attached hydrogens (tertiary/aromatic N) is 1. The summed E-state index contributed by atoms with van der Waals surface area (Å²) in [5.74, 6) is 0.0732. The maximum absolute atomic E-state index is 12.2. The first kappa shape index (κ1) is 14.4. The molecule has 2 N–H and O–H groups in total. The fourth-order valence-electron chi connectivity index (χ4n) is 2.33. The van der Waals surface area contributed by atoms with Crippen LogP contribution in [0.1, 0.15) is 19.8 Å². The molecule has 5 heteroatoms. The number of hydrogen-bond acceptors (Lipinski definition) is 4. The molecule has 0 radical (unpaired) electrons. The standard InChI is InChI=1S/C12H24N2O3/c1-4-5-9(6-13)12(15)14-7-10(16-2)11(8-14)17-3/h9-11H,4-8,13H2,1-3H3. The van der Waals surface area contributed by atoms with Crippen molar-refractivity contribution in [2.45, 2.75) is 32.0 Å². The Hall–Kier alpha value is -0.650. The first-order valence-electron chi connectivity index (χ1n) is 6.22. The molecular weight excluding hydrogens is 220 g/mol. The second-order valence-corrected chi connectivity index (χ2v) is 4.51. The van der Waals surface area contributed by atoms with Gasteiger partial charge in [-0.25, -0.2) is 0 Å². The molecule has 1 aliphatic heterocycles. The fraction of sp³-hybridized carbons (Fsp3) is 0.917. The van der Waals surface area contributed by atoms with Crippen LogP contribution in [0.2, 0.25) is 0 Å². The molecular formula is C12H24N2O3. The van der Waals surface area contributed by atoms with E-state index in [1.54, 1.807) is 14.2 Å². The van der Waals surface area contributed by atoms with Gasteiger partial charge in [0, 0.05) is 33.9 Å². The SMILES string of the molecule is CCCC(CN)C(=O)N1CC(OC)C(OC)C1. The van der Waals surface area contributed by atoms with Gasteiger partial charge in [-0.1, -0.05) is 13.3 Å². The molecule has 1 fully saturated rings. The Labute approximate surface area is 103 Å². The van der Waals surface area contributed by atoms with Crippen molar-refractivity contribution in [3.05, 3.63) is 0 Å². The number of carbonyl (C=O) groups excluding carboxylic acids is 1. The molecule has 1 rings (SSSR count). The fourth-order valence-corrected chi connectivity index (χ4v) is 2.33. The number of likely N-dealkylation sites (tertiary alicyclic amines) is 1.